The number of unbranched alkanes of at least 4 members (excludes halogenated alkanes) is 1. The Morgan fingerprint density at radius 3 is 1.41 bits per heavy atom. The van der Waals surface area contributed by atoms with Gasteiger partial charge in [-0.05, 0) is 50.9 Å². The van der Waals surface area contributed by atoms with Crippen molar-refractivity contribution in [1.82, 2.24) is 0 Å². The lowest BCUT2D eigenvalue weighted by molar-refractivity contribution is 0.559. The van der Waals surface area contributed by atoms with Gasteiger partial charge in [0.1, 0.15) is 0 Å². The second kappa shape index (κ2) is 17.8. The molecule has 0 rings (SSSR count). The van der Waals surface area contributed by atoms with Crippen molar-refractivity contribution >= 4 is 0 Å². The SMILES string of the molecule is CC/C=C\C/C=C\C/C=C\C/C=C\C/C=C\CCCC(C)C. The molecule has 0 unspecified atom stereocenters. The molecule has 0 aromatic heterocycles. The third kappa shape index (κ3) is 18.7. The summed E-state index contributed by atoms with van der Waals surface area (Å²) in [4.78, 5) is 0. The summed E-state index contributed by atoms with van der Waals surface area (Å²) < 4.78 is 0. The van der Waals surface area contributed by atoms with Crippen molar-refractivity contribution in [2.24, 2.45) is 5.92 Å². The Bertz CT molecular complexity index is 350. The van der Waals surface area contributed by atoms with Gasteiger partial charge in [-0.3, -0.25) is 0 Å². The van der Waals surface area contributed by atoms with Crippen LogP contribution in [-0.2, 0) is 0 Å². The van der Waals surface area contributed by atoms with Crippen LogP contribution in [0.15, 0.2) is 60.8 Å². The highest BCUT2D eigenvalue weighted by molar-refractivity contribution is 5.00. The largest absolute Gasteiger partial charge is 0.0885 e. The Balaban J connectivity index is 3.44. The van der Waals surface area contributed by atoms with Gasteiger partial charge in [-0.25, -0.2) is 0 Å². The van der Waals surface area contributed by atoms with Gasteiger partial charge in [0.25, 0.3) is 0 Å². The first-order chi connectivity index (χ1) is 10.8. The van der Waals surface area contributed by atoms with Gasteiger partial charge in [0, 0.05) is 0 Å². The molecular formula is C22H36. The van der Waals surface area contributed by atoms with E-state index in [2.05, 4.69) is 81.5 Å². The highest BCUT2D eigenvalue weighted by Gasteiger charge is 1.90. The summed E-state index contributed by atoms with van der Waals surface area (Å²) in [6, 6.07) is 0. The summed E-state index contributed by atoms with van der Waals surface area (Å²) in [6.07, 6.45) is 31.7. The van der Waals surface area contributed by atoms with Crippen molar-refractivity contribution in [1.29, 1.82) is 0 Å². The van der Waals surface area contributed by atoms with E-state index in [1.807, 2.05) is 0 Å². The summed E-state index contributed by atoms with van der Waals surface area (Å²) in [5, 5.41) is 0. The zero-order valence-electron chi connectivity index (χ0n) is 15.0. The van der Waals surface area contributed by atoms with Gasteiger partial charge in [-0.2, -0.15) is 0 Å². The Morgan fingerprint density at radius 2 is 1.00 bits per heavy atom. The van der Waals surface area contributed by atoms with Crippen LogP contribution in [-0.4, -0.2) is 0 Å². The molecule has 0 amide bonds. The van der Waals surface area contributed by atoms with Crippen molar-refractivity contribution in [2.45, 2.75) is 72.1 Å². The zero-order chi connectivity index (χ0) is 16.3. The quantitative estimate of drug-likeness (QED) is 0.243. The summed E-state index contributed by atoms with van der Waals surface area (Å²) in [7, 11) is 0. The van der Waals surface area contributed by atoms with Crippen molar-refractivity contribution in [3.05, 3.63) is 60.8 Å². The minimum Gasteiger partial charge on any atom is -0.0885 e. The lowest BCUT2D eigenvalue weighted by Crippen LogP contribution is -1.84. The van der Waals surface area contributed by atoms with E-state index in [0.29, 0.717) is 0 Å². The van der Waals surface area contributed by atoms with Crippen LogP contribution < -0.4 is 0 Å². The number of hydrogen-bond acceptors (Lipinski definition) is 0. The van der Waals surface area contributed by atoms with Crippen LogP contribution in [0.25, 0.3) is 0 Å². The first kappa shape index (κ1) is 20.7. The Hall–Kier alpha value is -1.30. The molecule has 22 heavy (non-hydrogen) atoms. The van der Waals surface area contributed by atoms with E-state index in [4.69, 9.17) is 0 Å². The van der Waals surface area contributed by atoms with Gasteiger partial charge in [0.2, 0.25) is 0 Å². The maximum Gasteiger partial charge on any atom is -0.0169 e. The van der Waals surface area contributed by atoms with Crippen molar-refractivity contribution in [2.75, 3.05) is 0 Å². The fraction of sp³-hybridized carbons (Fsp3) is 0.545. The van der Waals surface area contributed by atoms with Crippen LogP contribution in [0.5, 0.6) is 0 Å². The average Bonchev–Trinajstić information content (AvgIpc) is 2.50. The Morgan fingerprint density at radius 1 is 0.591 bits per heavy atom. The zero-order valence-corrected chi connectivity index (χ0v) is 15.0. The molecule has 0 nitrogen and oxygen atoms in total. The van der Waals surface area contributed by atoms with E-state index in [-0.39, 0.29) is 0 Å². The molecule has 0 heterocycles. The van der Waals surface area contributed by atoms with E-state index in [1.54, 1.807) is 0 Å². The molecule has 0 aliphatic rings. The molecule has 0 aliphatic heterocycles. The average molecular weight is 301 g/mol. The third-order valence-corrected chi connectivity index (χ3v) is 3.31. The van der Waals surface area contributed by atoms with Crippen molar-refractivity contribution in [3.8, 4) is 0 Å². The molecule has 0 saturated carbocycles. The Labute approximate surface area is 139 Å². The lowest BCUT2D eigenvalue weighted by Gasteiger charge is -2.00. The molecule has 0 spiro atoms. The molecule has 0 saturated heterocycles. The second-order valence-corrected chi connectivity index (χ2v) is 6.03. The van der Waals surface area contributed by atoms with Crippen LogP contribution in [0.4, 0.5) is 0 Å². The van der Waals surface area contributed by atoms with Crippen LogP contribution >= 0.6 is 0 Å². The molecule has 0 N–H and O–H groups in total. The summed E-state index contributed by atoms with van der Waals surface area (Å²) in [5.41, 5.74) is 0. The third-order valence-electron chi connectivity index (χ3n) is 3.31. The molecule has 0 aromatic rings. The minimum atomic E-state index is 0.836. The van der Waals surface area contributed by atoms with Gasteiger partial charge >= 0.3 is 0 Å². The molecular weight excluding hydrogens is 264 g/mol. The van der Waals surface area contributed by atoms with Crippen molar-refractivity contribution < 1.29 is 0 Å². The molecule has 124 valence electrons. The van der Waals surface area contributed by atoms with E-state index in [1.165, 1.54) is 19.3 Å². The standard InChI is InChI=1S/C22H36/c1-4-5-6-7-8-9-10-11-12-13-14-15-16-17-18-19-20-21-22(2)3/h5-6,8-9,11-12,14-15,17-18,22H,4,7,10,13,16,19-21H2,1-3H3/b6-5-,9-8-,12-11-,15-14-,18-17-. The molecule has 0 fully saturated rings. The van der Waals surface area contributed by atoms with Crippen LogP contribution in [0, 0.1) is 5.92 Å². The van der Waals surface area contributed by atoms with Gasteiger partial charge < -0.3 is 0 Å². The summed E-state index contributed by atoms with van der Waals surface area (Å²) >= 11 is 0. The first-order valence-corrected chi connectivity index (χ1v) is 9.02. The Kier molecular flexibility index (Phi) is 16.7. The number of allylic oxidation sites excluding steroid dienone is 10. The van der Waals surface area contributed by atoms with Gasteiger partial charge in [0.15, 0.2) is 0 Å². The van der Waals surface area contributed by atoms with E-state index in [0.717, 1.165) is 38.0 Å². The molecule has 0 bridgehead atoms. The van der Waals surface area contributed by atoms with Crippen LogP contribution in [0.2, 0.25) is 0 Å². The fourth-order valence-corrected chi connectivity index (χ4v) is 2.01. The maximum absolute atomic E-state index is 2.32. The van der Waals surface area contributed by atoms with Gasteiger partial charge in [-0.1, -0.05) is 88.0 Å². The highest BCUT2D eigenvalue weighted by atomic mass is 14.0. The van der Waals surface area contributed by atoms with Crippen molar-refractivity contribution in [3.63, 3.8) is 0 Å². The van der Waals surface area contributed by atoms with Gasteiger partial charge in [-0.15, -0.1) is 0 Å². The summed E-state index contributed by atoms with van der Waals surface area (Å²) in [6.45, 7) is 6.75. The molecule has 0 radical (unpaired) electrons. The van der Waals surface area contributed by atoms with E-state index in [9.17, 15) is 0 Å². The highest BCUT2D eigenvalue weighted by Crippen LogP contribution is 2.06. The van der Waals surface area contributed by atoms with Crippen LogP contribution in [0.1, 0.15) is 72.1 Å². The minimum absolute atomic E-state index is 0.836. The second-order valence-electron chi connectivity index (χ2n) is 6.03. The maximum atomic E-state index is 2.32. The molecule has 0 heteroatoms. The predicted octanol–water partition coefficient (Wildman–Crippen LogP) is 7.56. The number of rotatable bonds is 13. The normalized spacial score (nSPS) is 13.3. The smallest absolute Gasteiger partial charge is 0.0169 e. The number of hydrogen-bond donors (Lipinski definition) is 0. The molecule has 0 aromatic carbocycles. The van der Waals surface area contributed by atoms with E-state index >= 15 is 0 Å². The predicted molar refractivity (Wildman–Crippen MR) is 103 cm³/mol. The topological polar surface area (TPSA) is 0 Å². The summed E-state index contributed by atoms with van der Waals surface area (Å²) in [5.74, 6) is 0.836. The lowest BCUT2D eigenvalue weighted by atomic mass is 10.1. The first-order valence-electron chi connectivity index (χ1n) is 9.02. The van der Waals surface area contributed by atoms with Gasteiger partial charge in [0.05, 0.1) is 0 Å². The monoisotopic (exact) mass is 300 g/mol. The van der Waals surface area contributed by atoms with Crippen LogP contribution in [0.3, 0.4) is 0 Å². The van der Waals surface area contributed by atoms with E-state index < -0.39 is 0 Å². The molecule has 0 aliphatic carbocycles. The fourth-order valence-electron chi connectivity index (χ4n) is 2.01. The molecule has 0 atom stereocenters.